The van der Waals surface area contributed by atoms with E-state index in [2.05, 4.69) is 4.90 Å². The largest absolute Gasteiger partial charge is 0.478 e. The lowest BCUT2D eigenvalue weighted by Gasteiger charge is -2.37. The molecule has 2 heterocycles. The molecule has 0 spiro atoms. The number of fused-ring (bicyclic) bond motifs is 3. The summed E-state index contributed by atoms with van der Waals surface area (Å²) in [6.45, 7) is 1.40. The lowest BCUT2D eigenvalue weighted by Crippen LogP contribution is -2.41. The Morgan fingerprint density at radius 2 is 1.78 bits per heavy atom. The maximum Gasteiger partial charge on any atom is 0.344 e. The molecule has 2 aromatic carbocycles. The Hall–Kier alpha value is -2.59. The normalized spacial score (nSPS) is 18.2. The van der Waals surface area contributed by atoms with Gasteiger partial charge >= 0.3 is 5.63 Å². The number of hydrogen-bond donors (Lipinski definition) is 0. The van der Waals surface area contributed by atoms with Gasteiger partial charge in [0.25, 0.3) is 0 Å². The van der Waals surface area contributed by atoms with Crippen LogP contribution in [-0.2, 0) is 6.54 Å². The Bertz CT molecular complexity index is 1020. The predicted molar refractivity (Wildman–Crippen MR) is 106 cm³/mol. The van der Waals surface area contributed by atoms with Gasteiger partial charge in [0.2, 0.25) is 0 Å². The van der Waals surface area contributed by atoms with Gasteiger partial charge in [-0.15, -0.1) is 0 Å². The molecule has 27 heavy (non-hydrogen) atoms. The molecular formula is C23H23NO3. The number of nitrogens with zero attached hydrogens (tertiary/aromatic N) is 1. The van der Waals surface area contributed by atoms with Crippen LogP contribution in [0.1, 0.15) is 37.7 Å². The topological polar surface area (TPSA) is 42.7 Å². The summed E-state index contributed by atoms with van der Waals surface area (Å²) in [6.07, 6.45) is 6.37. The maximum atomic E-state index is 12.7. The molecule has 4 nitrogen and oxygen atoms in total. The van der Waals surface area contributed by atoms with Gasteiger partial charge < -0.3 is 9.15 Å². The second kappa shape index (κ2) is 6.86. The summed E-state index contributed by atoms with van der Waals surface area (Å²) in [6, 6.07) is 16.2. The summed E-state index contributed by atoms with van der Waals surface area (Å²) in [4.78, 5) is 15.1. The van der Waals surface area contributed by atoms with E-state index in [1.165, 1.54) is 32.1 Å². The molecule has 2 aliphatic rings. The summed E-state index contributed by atoms with van der Waals surface area (Å²) in [7, 11) is 0. The van der Waals surface area contributed by atoms with E-state index < -0.39 is 0 Å². The average Bonchev–Trinajstić information content (AvgIpc) is 2.74. The predicted octanol–water partition coefficient (Wildman–Crippen LogP) is 4.94. The first kappa shape index (κ1) is 16.6. The van der Waals surface area contributed by atoms with Crippen molar-refractivity contribution in [3.05, 3.63) is 64.5 Å². The quantitative estimate of drug-likeness (QED) is 0.606. The maximum absolute atomic E-state index is 12.7. The van der Waals surface area contributed by atoms with Gasteiger partial charge in [-0.05, 0) is 36.6 Å². The van der Waals surface area contributed by atoms with E-state index in [-0.39, 0.29) is 5.63 Å². The molecule has 0 saturated heterocycles. The zero-order chi connectivity index (χ0) is 18.2. The number of ether oxygens (including phenoxy) is 1. The van der Waals surface area contributed by atoms with Crippen LogP contribution in [0.4, 0.5) is 0 Å². The molecule has 1 aromatic heterocycles. The highest BCUT2D eigenvalue weighted by Crippen LogP contribution is 2.35. The first-order chi connectivity index (χ1) is 13.3. The molecule has 4 heteroatoms. The Morgan fingerprint density at radius 1 is 0.963 bits per heavy atom. The molecule has 0 bridgehead atoms. The van der Waals surface area contributed by atoms with E-state index in [0.29, 0.717) is 23.9 Å². The van der Waals surface area contributed by atoms with Gasteiger partial charge in [-0.3, -0.25) is 4.90 Å². The molecule has 0 unspecified atom stereocenters. The van der Waals surface area contributed by atoms with E-state index in [0.717, 1.165) is 28.8 Å². The molecule has 138 valence electrons. The number of hydrogen-bond acceptors (Lipinski definition) is 4. The molecule has 1 aliphatic carbocycles. The van der Waals surface area contributed by atoms with Crippen molar-refractivity contribution in [3.63, 3.8) is 0 Å². The van der Waals surface area contributed by atoms with E-state index >= 15 is 0 Å². The van der Waals surface area contributed by atoms with E-state index in [9.17, 15) is 4.79 Å². The molecule has 0 amide bonds. The molecule has 5 rings (SSSR count). The van der Waals surface area contributed by atoms with E-state index in [4.69, 9.17) is 9.15 Å². The van der Waals surface area contributed by atoms with Gasteiger partial charge in [-0.2, -0.15) is 0 Å². The third kappa shape index (κ3) is 3.04. The van der Waals surface area contributed by atoms with Crippen molar-refractivity contribution in [3.8, 4) is 16.9 Å². The van der Waals surface area contributed by atoms with Crippen molar-refractivity contribution in [1.29, 1.82) is 0 Å². The van der Waals surface area contributed by atoms with Gasteiger partial charge in [0, 0.05) is 18.0 Å². The van der Waals surface area contributed by atoms with E-state index in [1.807, 2.05) is 48.5 Å². The second-order valence-electron chi connectivity index (χ2n) is 7.59. The smallest absolute Gasteiger partial charge is 0.344 e. The molecule has 0 N–H and O–H groups in total. The first-order valence-electron chi connectivity index (χ1n) is 9.81. The fraction of sp³-hybridized carbons (Fsp3) is 0.348. The van der Waals surface area contributed by atoms with Crippen LogP contribution in [-0.4, -0.2) is 17.7 Å². The lowest BCUT2D eigenvalue weighted by molar-refractivity contribution is 0.0406. The van der Waals surface area contributed by atoms with Gasteiger partial charge in [0.15, 0.2) is 0 Å². The summed E-state index contributed by atoms with van der Waals surface area (Å²) >= 11 is 0. The van der Waals surface area contributed by atoms with Gasteiger partial charge in [-0.1, -0.05) is 49.6 Å². The van der Waals surface area contributed by atoms with Crippen LogP contribution in [0.5, 0.6) is 5.75 Å². The van der Waals surface area contributed by atoms with Crippen molar-refractivity contribution in [2.24, 2.45) is 0 Å². The van der Waals surface area contributed by atoms with Crippen LogP contribution in [0, 0.1) is 0 Å². The fourth-order valence-corrected chi connectivity index (χ4v) is 4.41. The minimum atomic E-state index is -0.295. The van der Waals surface area contributed by atoms with Crippen LogP contribution in [0.3, 0.4) is 0 Å². The van der Waals surface area contributed by atoms with Crippen LogP contribution >= 0.6 is 0 Å². The number of benzene rings is 2. The van der Waals surface area contributed by atoms with Crippen molar-refractivity contribution in [2.45, 2.75) is 44.7 Å². The highest BCUT2D eigenvalue weighted by molar-refractivity contribution is 5.86. The highest BCUT2D eigenvalue weighted by Gasteiger charge is 2.28. The van der Waals surface area contributed by atoms with Crippen LogP contribution < -0.4 is 10.4 Å². The molecule has 0 radical (unpaired) electrons. The molecular weight excluding hydrogens is 338 g/mol. The zero-order valence-corrected chi connectivity index (χ0v) is 15.3. The Balaban J connectivity index is 1.56. The summed E-state index contributed by atoms with van der Waals surface area (Å²) in [5.41, 5.74) is 2.85. The molecule has 1 saturated carbocycles. The lowest BCUT2D eigenvalue weighted by atomic mass is 9.93. The van der Waals surface area contributed by atoms with Crippen molar-refractivity contribution in [2.75, 3.05) is 6.73 Å². The van der Waals surface area contributed by atoms with Crippen LogP contribution in [0.25, 0.3) is 22.1 Å². The van der Waals surface area contributed by atoms with Crippen molar-refractivity contribution in [1.82, 2.24) is 4.90 Å². The average molecular weight is 361 g/mol. The van der Waals surface area contributed by atoms with Crippen molar-refractivity contribution < 1.29 is 9.15 Å². The standard InChI is InChI=1S/C23H23NO3/c25-23-19(16-7-3-1-4-8-16)13-17-11-12-21-20(22(17)27-23)14-24(15-26-21)18-9-5-2-6-10-18/h1,3-4,7-8,11-13,18H,2,5-6,9-10,14-15H2. The first-order valence-corrected chi connectivity index (χ1v) is 9.81. The minimum Gasteiger partial charge on any atom is -0.478 e. The Kier molecular flexibility index (Phi) is 4.21. The third-order valence-electron chi connectivity index (χ3n) is 5.89. The summed E-state index contributed by atoms with van der Waals surface area (Å²) in [5, 5.41) is 0.946. The third-order valence-corrected chi connectivity index (χ3v) is 5.89. The number of rotatable bonds is 2. The molecule has 0 atom stereocenters. The van der Waals surface area contributed by atoms with Gasteiger partial charge in [0.1, 0.15) is 18.1 Å². The molecule has 1 fully saturated rings. The molecule has 1 aliphatic heterocycles. The SMILES string of the molecule is O=c1oc2c3c(ccc2cc1-c1ccccc1)OCN(C1CCCCC1)C3. The minimum absolute atomic E-state index is 0.295. The van der Waals surface area contributed by atoms with Gasteiger partial charge in [0.05, 0.1) is 11.1 Å². The Labute approximate surface area is 158 Å². The van der Waals surface area contributed by atoms with Gasteiger partial charge in [-0.25, -0.2) is 4.79 Å². The molecule has 3 aromatic rings. The van der Waals surface area contributed by atoms with Crippen LogP contribution in [0.2, 0.25) is 0 Å². The summed E-state index contributed by atoms with van der Waals surface area (Å²) in [5.74, 6) is 0.838. The Morgan fingerprint density at radius 3 is 2.59 bits per heavy atom. The fourth-order valence-electron chi connectivity index (χ4n) is 4.41. The summed E-state index contributed by atoms with van der Waals surface area (Å²) < 4.78 is 11.8. The monoisotopic (exact) mass is 361 g/mol. The van der Waals surface area contributed by atoms with E-state index in [1.54, 1.807) is 0 Å². The van der Waals surface area contributed by atoms with Crippen LogP contribution in [0.15, 0.2) is 57.7 Å². The zero-order valence-electron chi connectivity index (χ0n) is 15.3. The second-order valence-corrected chi connectivity index (χ2v) is 7.59. The highest BCUT2D eigenvalue weighted by atomic mass is 16.5. The van der Waals surface area contributed by atoms with Crippen molar-refractivity contribution >= 4 is 11.0 Å².